The number of nitrogens with zero attached hydrogens (tertiary/aromatic N) is 2. The number of hydrogen-bond acceptors (Lipinski definition) is 4. The van der Waals surface area contributed by atoms with Gasteiger partial charge in [0.05, 0.1) is 0 Å². The highest BCUT2D eigenvalue weighted by atomic mass is 16.5. The molecule has 0 unspecified atom stereocenters. The molecule has 0 bridgehead atoms. The van der Waals surface area contributed by atoms with Crippen molar-refractivity contribution < 1.29 is 9.53 Å². The average molecular weight is 325 g/mol. The van der Waals surface area contributed by atoms with E-state index < -0.39 is 0 Å². The molecule has 1 aromatic heterocycles. The van der Waals surface area contributed by atoms with Crippen molar-refractivity contribution in [1.82, 2.24) is 15.2 Å². The normalized spacial score (nSPS) is 17.0. The van der Waals surface area contributed by atoms with Crippen LogP contribution in [0.1, 0.15) is 22.3 Å². The van der Waals surface area contributed by atoms with Crippen LogP contribution in [0.15, 0.2) is 48.8 Å². The molecule has 1 aliphatic heterocycles. The van der Waals surface area contributed by atoms with E-state index in [1.165, 1.54) is 0 Å². The zero-order valence-corrected chi connectivity index (χ0v) is 13.9. The maximum atomic E-state index is 12.7. The lowest BCUT2D eigenvalue weighted by Gasteiger charge is -2.17. The van der Waals surface area contributed by atoms with Gasteiger partial charge in [-0.05, 0) is 50.2 Å². The second kappa shape index (κ2) is 7.93. The molecule has 0 aliphatic carbocycles. The van der Waals surface area contributed by atoms with Crippen LogP contribution < -0.4 is 10.1 Å². The Balaban J connectivity index is 1.61. The predicted octanol–water partition coefficient (Wildman–Crippen LogP) is 2.34. The van der Waals surface area contributed by atoms with Crippen LogP contribution in [0, 0.1) is 5.92 Å². The zero-order valence-electron chi connectivity index (χ0n) is 13.9. The van der Waals surface area contributed by atoms with Crippen LogP contribution >= 0.6 is 0 Å². The van der Waals surface area contributed by atoms with E-state index in [9.17, 15) is 4.79 Å². The highest BCUT2D eigenvalue weighted by Gasteiger charge is 2.26. The molecule has 24 heavy (non-hydrogen) atoms. The molecule has 1 amide bonds. The molecule has 5 nitrogen and oxygen atoms in total. The smallest absolute Gasteiger partial charge is 0.253 e. The van der Waals surface area contributed by atoms with Gasteiger partial charge in [-0.15, -0.1) is 0 Å². The lowest BCUT2D eigenvalue weighted by molar-refractivity contribution is 0.0786. The minimum atomic E-state index is 0.0837. The van der Waals surface area contributed by atoms with E-state index in [2.05, 4.69) is 10.3 Å². The summed E-state index contributed by atoms with van der Waals surface area (Å²) in [6, 6.07) is 11.3. The lowest BCUT2D eigenvalue weighted by atomic mass is 10.1. The van der Waals surface area contributed by atoms with Crippen molar-refractivity contribution in [1.29, 1.82) is 0 Å². The summed E-state index contributed by atoms with van der Waals surface area (Å²) in [5.41, 5.74) is 1.69. The van der Waals surface area contributed by atoms with Crippen molar-refractivity contribution >= 4 is 5.91 Å². The van der Waals surface area contributed by atoms with Crippen molar-refractivity contribution in [2.24, 2.45) is 5.92 Å². The summed E-state index contributed by atoms with van der Waals surface area (Å²) in [6.45, 7) is 3.05. The van der Waals surface area contributed by atoms with Crippen LogP contribution in [0.4, 0.5) is 0 Å². The van der Waals surface area contributed by atoms with Gasteiger partial charge in [0.1, 0.15) is 12.4 Å². The molecule has 2 heterocycles. The highest BCUT2D eigenvalue weighted by molar-refractivity contribution is 5.94. The summed E-state index contributed by atoms with van der Waals surface area (Å²) in [6.07, 6.45) is 4.57. The van der Waals surface area contributed by atoms with E-state index in [1.54, 1.807) is 12.4 Å². The van der Waals surface area contributed by atoms with Gasteiger partial charge in [0.2, 0.25) is 0 Å². The van der Waals surface area contributed by atoms with Crippen molar-refractivity contribution in [3.8, 4) is 5.75 Å². The topological polar surface area (TPSA) is 54.5 Å². The minimum absolute atomic E-state index is 0.0837. The van der Waals surface area contributed by atoms with E-state index >= 15 is 0 Å². The quantitative estimate of drug-likeness (QED) is 0.886. The van der Waals surface area contributed by atoms with Gasteiger partial charge in [-0.3, -0.25) is 9.78 Å². The molecule has 1 aliphatic rings. The molecule has 2 aromatic rings. The standard InChI is InChI=1S/C19H23N3O2/c1-20-11-15-7-9-22(13-15)19(23)17-5-2-6-18(10-17)24-14-16-4-3-8-21-12-16/h2-6,8,10,12,15,20H,7,9,11,13-14H2,1H3/t15-/m1/s1. The first-order valence-electron chi connectivity index (χ1n) is 8.32. The monoisotopic (exact) mass is 325 g/mol. The Labute approximate surface area is 142 Å². The lowest BCUT2D eigenvalue weighted by Crippen LogP contribution is -2.30. The number of carbonyl (C=O) groups excluding carboxylic acids is 1. The summed E-state index contributed by atoms with van der Waals surface area (Å²) in [4.78, 5) is 18.7. The number of carbonyl (C=O) groups is 1. The average Bonchev–Trinajstić information content (AvgIpc) is 3.09. The van der Waals surface area contributed by atoms with E-state index in [-0.39, 0.29) is 5.91 Å². The van der Waals surface area contributed by atoms with Crippen molar-refractivity contribution in [2.45, 2.75) is 13.0 Å². The number of rotatable bonds is 6. The van der Waals surface area contributed by atoms with Crippen molar-refractivity contribution in [3.05, 3.63) is 59.9 Å². The molecular formula is C19H23N3O2. The van der Waals surface area contributed by atoms with Gasteiger partial charge in [-0.1, -0.05) is 12.1 Å². The number of aromatic nitrogens is 1. The van der Waals surface area contributed by atoms with Crippen LogP contribution in [0.5, 0.6) is 5.75 Å². The van der Waals surface area contributed by atoms with Crippen LogP contribution in [0.25, 0.3) is 0 Å². The number of benzene rings is 1. The Morgan fingerprint density at radius 2 is 2.29 bits per heavy atom. The minimum Gasteiger partial charge on any atom is -0.489 e. The summed E-state index contributed by atoms with van der Waals surface area (Å²) >= 11 is 0. The Kier molecular flexibility index (Phi) is 5.43. The summed E-state index contributed by atoms with van der Waals surface area (Å²) in [5.74, 6) is 1.33. The number of pyridine rings is 1. The van der Waals surface area contributed by atoms with Gasteiger partial charge in [-0.2, -0.15) is 0 Å². The molecule has 0 radical (unpaired) electrons. The molecule has 1 atom stereocenters. The number of likely N-dealkylation sites (tertiary alicyclic amines) is 1. The third-order valence-corrected chi connectivity index (χ3v) is 4.28. The molecule has 126 valence electrons. The maximum Gasteiger partial charge on any atom is 0.253 e. The first-order chi connectivity index (χ1) is 11.8. The van der Waals surface area contributed by atoms with E-state index in [0.717, 1.165) is 31.6 Å². The fourth-order valence-electron chi connectivity index (χ4n) is 3.02. The van der Waals surface area contributed by atoms with Gasteiger partial charge >= 0.3 is 0 Å². The molecule has 1 N–H and O–H groups in total. The summed E-state index contributed by atoms with van der Waals surface area (Å²) in [5, 5.41) is 3.19. The van der Waals surface area contributed by atoms with Crippen molar-refractivity contribution in [3.63, 3.8) is 0 Å². The van der Waals surface area contributed by atoms with Crippen LogP contribution in [0.3, 0.4) is 0 Å². The van der Waals surface area contributed by atoms with Crippen LogP contribution in [-0.2, 0) is 6.61 Å². The fourth-order valence-corrected chi connectivity index (χ4v) is 3.02. The number of amides is 1. The Morgan fingerprint density at radius 3 is 3.08 bits per heavy atom. The van der Waals surface area contributed by atoms with Gasteiger partial charge in [0, 0.05) is 36.6 Å². The molecular weight excluding hydrogens is 302 g/mol. The molecule has 0 spiro atoms. The number of ether oxygens (including phenoxy) is 1. The summed E-state index contributed by atoms with van der Waals surface area (Å²) in [7, 11) is 1.95. The van der Waals surface area contributed by atoms with Gasteiger partial charge in [-0.25, -0.2) is 0 Å². The Morgan fingerprint density at radius 1 is 1.38 bits per heavy atom. The zero-order chi connectivity index (χ0) is 16.8. The van der Waals surface area contributed by atoms with E-state index in [0.29, 0.717) is 23.8 Å². The van der Waals surface area contributed by atoms with Gasteiger partial charge in [0.15, 0.2) is 0 Å². The first kappa shape index (κ1) is 16.5. The van der Waals surface area contributed by atoms with Gasteiger partial charge < -0.3 is 15.0 Å². The second-order valence-electron chi connectivity index (χ2n) is 6.14. The van der Waals surface area contributed by atoms with Crippen LogP contribution in [0.2, 0.25) is 0 Å². The first-order valence-corrected chi connectivity index (χ1v) is 8.32. The Bertz CT molecular complexity index is 675. The molecule has 1 saturated heterocycles. The third-order valence-electron chi connectivity index (χ3n) is 4.28. The van der Waals surface area contributed by atoms with E-state index in [1.807, 2.05) is 48.3 Å². The second-order valence-corrected chi connectivity index (χ2v) is 6.14. The summed E-state index contributed by atoms with van der Waals surface area (Å²) < 4.78 is 5.78. The van der Waals surface area contributed by atoms with Gasteiger partial charge in [0.25, 0.3) is 5.91 Å². The molecule has 1 aromatic carbocycles. The third kappa shape index (κ3) is 4.11. The molecule has 5 heteroatoms. The van der Waals surface area contributed by atoms with E-state index in [4.69, 9.17) is 4.74 Å². The maximum absolute atomic E-state index is 12.7. The number of hydrogen-bond donors (Lipinski definition) is 1. The largest absolute Gasteiger partial charge is 0.489 e. The molecule has 3 rings (SSSR count). The SMILES string of the molecule is CNC[C@H]1CCN(C(=O)c2cccc(OCc3cccnc3)c2)C1. The highest BCUT2D eigenvalue weighted by Crippen LogP contribution is 2.21. The predicted molar refractivity (Wildman–Crippen MR) is 92.9 cm³/mol. The Hall–Kier alpha value is -2.40. The molecule has 1 fully saturated rings. The molecule has 0 saturated carbocycles. The van der Waals surface area contributed by atoms with Crippen molar-refractivity contribution in [2.75, 3.05) is 26.7 Å². The number of nitrogens with one attached hydrogen (secondary N) is 1. The van der Waals surface area contributed by atoms with Crippen LogP contribution in [-0.4, -0.2) is 42.5 Å². The fraction of sp³-hybridized carbons (Fsp3) is 0.368.